The van der Waals surface area contributed by atoms with E-state index in [-0.39, 0.29) is 0 Å². The van der Waals surface area contributed by atoms with Crippen LogP contribution in [0.25, 0.3) is 99.1 Å². The minimum absolute atomic E-state index is 0.512. The van der Waals surface area contributed by atoms with Crippen LogP contribution in [0.3, 0.4) is 0 Å². The lowest BCUT2D eigenvalue weighted by atomic mass is 9.67. The zero-order valence-electron chi connectivity index (χ0n) is 36.6. The largest absolute Gasteiger partial charge is 0.309 e. The van der Waals surface area contributed by atoms with Crippen LogP contribution in [-0.2, 0) is 5.41 Å². The summed E-state index contributed by atoms with van der Waals surface area (Å²) in [6.07, 6.45) is 0. The van der Waals surface area contributed by atoms with Gasteiger partial charge in [-0.25, -0.2) is 0 Å². The lowest BCUT2D eigenvalue weighted by molar-refractivity contribution is 0.769. The summed E-state index contributed by atoms with van der Waals surface area (Å²) in [4.78, 5) is 0. The summed E-state index contributed by atoms with van der Waals surface area (Å²) in [6, 6.07) is 94.4. The van der Waals surface area contributed by atoms with Crippen molar-refractivity contribution in [1.82, 2.24) is 9.13 Å². The summed E-state index contributed by atoms with van der Waals surface area (Å²) < 4.78 is 4.97. The molecule has 2 heteroatoms. The van der Waals surface area contributed by atoms with E-state index in [4.69, 9.17) is 0 Å². The van der Waals surface area contributed by atoms with Crippen molar-refractivity contribution in [3.63, 3.8) is 0 Å². The van der Waals surface area contributed by atoms with Gasteiger partial charge in [0.25, 0.3) is 0 Å². The summed E-state index contributed by atoms with van der Waals surface area (Å²) in [5.41, 5.74) is 19.1. The van der Waals surface area contributed by atoms with Crippen molar-refractivity contribution in [2.24, 2.45) is 0 Å². The van der Waals surface area contributed by atoms with E-state index < -0.39 is 5.41 Å². The number of aromatic nitrogens is 2. The fraction of sp³-hybridized carbons (Fsp3) is 0.0154. The van der Waals surface area contributed by atoms with Crippen LogP contribution in [0, 0.1) is 0 Å². The maximum absolute atomic E-state index is 2.54. The Morgan fingerprint density at radius 3 is 1.61 bits per heavy atom. The number of benzene rings is 11. The highest BCUT2D eigenvalue weighted by atomic mass is 15.0. The monoisotopic (exact) mass is 850 g/mol. The Labute approximate surface area is 388 Å². The molecule has 312 valence electrons. The van der Waals surface area contributed by atoms with E-state index in [1.54, 1.807) is 0 Å². The van der Waals surface area contributed by atoms with Crippen molar-refractivity contribution in [1.29, 1.82) is 0 Å². The number of nitrogens with zero attached hydrogens (tertiary/aromatic N) is 2. The molecule has 1 aliphatic carbocycles. The minimum atomic E-state index is -0.512. The smallest absolute Gasteiger partial charge is 0.0714 e. The molecule has 14 rings (SSSR count). The Bertz CT molecular complexity index is 4040. The zero-order valence-corrected chi connectivity index (χ0v) is 36.6. The van der Waals surface area contributed by atoms with Gasteiger partial charge in [-0.05, 0) is 115 Å². The number of hydrogen-bond acceptors (Lipinski definition) is 0. The topological polar surface area (TPSA) is 9.86 Å². The standard InChI is InChI=1S/C65H42N2/c1-4-17-43(18-5-1)46-21-16-26-51(39-46)67-62-38-33-48(47-32-37-61-56(41-47)53-27-13-15-30-60(53)66(61)52-34-31-44-19-10-11-20-45(44)40-52)42-57(62)54-35-36-59-63(64(54)67)55-28-12-14-29-58(55)65(59,49-22-6-2-7-23-49)50-24-8-3-9-25-50/h1-42H. The normalized spacial score (nSPS) is 12.9. The summed E-state index contributed by atoms with van der Waals surface area (Å²) in [5.74, 6) is 0. The van der Waals surface area contributed by atoms with E-state index in [0.29, 0.717) is 0 Å². The molecule has 0 aliphatic heterocycles. The van der Waals surface area contributed by atoms with Gasteiger partial charge in [0.2, 0.25) is 0 Å². The molecule has 0 saturated carbocycles. The van der Waals surface area contributed by atoms with Gasteiger partial charge in [-0.1, -0.05) is 200 Å². The number of fused-ring (bicyclic) bond motifs is 11. The Morgan fingerprint density at radius 2 is 0.851 bits per heavy atom. The van der Waals surface area contributed by atoms with E-state index >= 15 is 0 Å². The summed E-state index contributed by atoms with van der Waals surface area (Å²) in [7, 11) is 0. The highest BCUT2D eigenvalue weighted by molar-refractivity contribution is 6.17. The van der Waals surface area contributed by atoms with Gasteiger partial charge in [0, 0.05) is 38.5 Å². The predicted octanol–water partition coefficient (Wildman–Crippen LogP) is 16.7. The van der Waals surface area contributed by atoms with Crippen LogP contribution in [-0.4, -0.2) is 9.13 Å². The van der Waals surface area contributed by atoms with Crippen LogP contribution in [0.1, 0.15) is 22.3 Å². The Balaban J connectivity index is 1.04. The number of rotatable bonds is 6. The first-order valence-electron chi connectivity index (χ1n) is 23.3. The molecule has 0 bridgehead atoms. The van der Waals surface area contributed by atoms with Crippen LogP contribution < -0.4 is 0 Å². The molecule has 0 amide bonds. The zero-order chi connectivity index (χ0) is 44.1. The molecule has 0 N–H and O–H groups in total. The van der Waals surface area contributed by atoms with Crippen molar-refractivity contribution >= 4 is 54.4 Å². The molecule has 0 unspecified atom stereocenters. The van der Waals surface area contributed by atoms with Gasteiger partial charge in [-0.2, -0.15) is 0 Å². The van der Waals surface area contributed by atoms with Crippen molar-refractivity contribution in [2.45, 2.75) is 5.41 Å². The summed E-state index contributed by atoms with van der Waals surface area (Å²) in [6.45, 7) is 0. The third kappa shape index (κ3) is 5.51. The Morgan fingerprint density at radius 1 is 0.284 bits per heavy atom. The second kappa shape index (κ2) is 14.7. The van der Waals surface area contributed by atoms with E-state index in [0.717, 1.165) is 5.69 Å². The van der Waals surface area contributed by atoms with Crippen molar-refractivity contribution in [2.75, 3.05) is 0 Å². The molecule has 1 aliphatic rings. The van der Waals surface area contributed by atoms with Gasteiger partial charge < -0.3 is 9.13 Å². The third-order valence-corrected chi connectivity index (χ3v) is 14.6. The van der Waals surface area contributed by atoms with Gasteiger partial charge >= 0.3 is 0 Å². The molecule has 67 heavy (non-hydrogen) atoms. The third-order valence-electron chi connectivity index (χ3n) is 14.6. The molecule has 2 heterocycles. The predicted molar refractivity (Wildman–Crippen MR) is 281 cm³/mol. The molecule has 0 atom stereocenters. The molecule has 0 fully saturated rings. The maximum Gasteiger partial charge on any atom is 0.0714 e. The van der Waals surface area contributed by atoms with Gasteiger partial charge in [0.05, 0.1) is 27.5 Å². The van der Waals surface area contributed by atoms with Crippen molar-refractivity contribution < 1.29 is 0 Å². The lowest BCUT2D eigenvalue weighted by Crippen LogP contribution is -2.28. The number of para-hydroxylation sites is 1. The first-order valence-corrected chi connectivity index (χ1v) is 23.3. The molecular weight excluding hydrogens is 809 g/mol. The first-order chi connectivity index (χ1) is 33.2. The van der Waals surface area contributed by atoms with Crippen LogP contribution in [0.5, 0.6) is 0 Å². The van der Waals surface area contributed by atoms with E-state index in [1.807, 2.05) is 0 Å². The fourth-order valence-electron chi connectivity index (χ4n) is 11.7. The first kappa shape index (κ1) is 37.6. The second-order valence-electron chi connectivity index (χ2n) is 18.0. The average molecular weight is 851 g/mol. The van der Waals surface area contributed by atoms with Gasteiger partial charge in [-0.3, -0.25) is 0 Å². The van der Waals surface area contributed by atoms with Crippen LogP contribution >= 0.6 is 0 Å². The highest BCUT2D eigenvalue weighted by Crippen LogP contribution is 2.59. The Hall–Kier alpha value is -8.72. The van der Waals surface area contributed by atoms with Crippen molar-refractivity contribution in [3.05, 3.63) is 277 Å². The fourth-order valence-corrected chi connectivity index (χ4v) is 11.7. The van der Waals surface area contributed by atoms with E-state index in [2.05, 4.69) is 264 Å². The Kier molecular flexibility index (Phi) is 8.23. The molecule has 0 spiro atoms. The minimum Gasteiger partial charge on any atom is -0.309 e. The SMILES string of the molecule is c1ccc(-c2cccc(-n3c4ccc(-c5ccc6c(c5)c5ccccc5n6-c5ccc6ccccc6c5)cc4c4ccc5c(c43)-c3ccccc3C5(c3ccccc3)c3ccccc3)c2)cc1. The number of hydrogen-bond donors (Lipinski definition) is 0. The van der Waals surface area contributed by atoms with Crippen LogP contribution in [0.4, 0.5) is 0 Å². The van der Waals surface area contributed by atoms with Crippen LogP contribution in [0.2, 0.25) is 0 Å². The second-order valence-corrected chi connectivity index (χ2v) is 18.0. The van der Waals surface area contributed by atoms with Crippen LogP contribution in [0.15, 0.2) is 255 Å². The molecule has 11 aromatic carbocycles. The van der Waals surface area contributed by atoms with Crippen molar-refractivity contribution in [3.8, 4) is 44.8 Å². The van der Waals surface area contributed by atoms with E-state index in [1.165, 1.54) is 116 Å². The van der Waals surface area contributed by atoms with Gasteiger partial charge in [-0.15, -0.1) is 0 Å². The quantitative estimate of drug-likeness (QED) is 0.158. The molecular formula is C65H42N2. The molecule has 2 aromatic heterocycles. The average Bonchev–Trinajstić information content (AvgIpc) is 4.03. The maximum atomic E-state index is 2.54. The molecule has 0 saturated heterocycles. The summed E-state index contributed by atoms with van der Waals surface area (Å²) >= 11 is 0. The lowest BCUT2D eigenvalue weighted by Gasteiger charge is -2.33. The molecule has 2 nitrogen and oxygen atoms in total. The molecule has 0 radical (unpaired) electrons. The summed E-state index contributed by atoms with van der Waals surface area (Å²) in [5, 5.41) is 7.44. The molecule has 13 aromatic rings. The highest BCUT2D eigenvalue weighted by Gasteiger charge is 2.47. The van der Waals surface area contributed by atoms with Gasteiger partial charge in [0.1, 0.15) is 0 Å². The van der Waals surface area contributed by atoms with Gasteiger partial charge in [0.15, 0.2) is 0 Å². The van der Waals surface area contributed by atoms with E-state index in [9.17, 15) is 0 Å².